The van der Waals surface area contributed by atoms with Gasteiger partial charge in [-0.05, 0) is 6.42 Å². The predicted octanol–water partition coefficient (Wildman–Crippen LogP) is -0.830. The lowest BCUT2D eigenvalue weighted by molar-refractivity contribution is 0.394. The Bertz CT molecular complexity index is 962. The highest BCUT2D eigenvalue weighted by molar-refractivity contribution is 5.83. The predicted molar refractivity (Wildman–Crippen MR) is 82.8 cm³/mol. The molecule has 2 aromatic rings. The first-order valence-corrected chi connectivity index (χ1v) is 6.86. The van der Waals surface area contributed by atoms with Gasteiger partial charge in [-0.25, -0.2) is 14.6 Å². The van der Waals surface area contributed by atoms with E-state index in [0.29, 0.717) is 6.42 Å². The molecule has 4 N–H and O–H groups in total. The summed E-state index contributed by atoms with van der Waals surface area (Å²) in [6, 6.07) is 0. The zero-order valence-corrected chi connectivity index (χ0v) is 12.3. The van der Waals surface area contributed by atoms with Crippen molar-refractivity contribution in [1.29, 1.82) is 0 Å². The van der Waals surface area contributed by atoms with E-state index in [4.69, 9.17) is 0 Å². The number of nitrogens with one attached hydrogen (secondary N) is 3. The summed E-state index contributed by atoms with van der Waals surface area (Å²) in [4.78, 5) is 55.9. The summed E-state index contributed by atoms with van der Waals surface area (Å²) in [5.74, 6) is -0.531. The van der Waals surface area contributed by atoms with Gasteiger partial charge in [-0.15, -0.1) is 0 Å². The number of aliphatic imine (C=N–C) groups is 1. The van der Waals surface area contributed by atoms with Gasteiger partial charge in [-0.1, -0.05) is 13.3 Å². The summed E-state index contributed by atoms with van der Waals surface area (Å²) in [6.07, 6.45) is 3.45. The van der Waals surface area contributed by atoms with Crippen molar-refractivity contribution in [2.24, 2.45) is 4.99 Å². The van der Waals surface area contributed by atoms with Crippen LogP contribution in [-0.4, -0.2) is 30.8 Å². The minimum atomic E-state index is -0.829. The molecular weight excluding hydrogens is 306 g/mol. The van der Waals surface area contributed by atoms with Crippen LogP contribution in [-0.2, 0) is 6.54 Å². The lowest BCUT2D eigenvalue weighted by Crippen LogP contribution is -2.32. The highest BCUT2D eigenvalue weighted by Crippen LogP contribution is 2.10. The summed E-state index contributed by atoms with van der Waals surface area (Å²) >= 11 is 0. The molecule has 2 aromatic heterocycles. The number of rotatable bonds is 5. The van der Waals surface area contributed by atoms with Crippen LogP contribution >= 0.6 is 0 Å². The van der Waals surface area contributed by atoms with Gasteiger partial charge in [-0.2, -0.15) is 0 Å². The maximum absolute atomic E-state index is 11.8. The molecule has 23 heavy (non-hydrogen) atoms. The number of hydrogen-bond acceptors (Lipinski definition) is 6. The van der Waals surface area contributed by atoms with Gasteiger partial charge in [0, 0.05) is 19.0 Å². The van der Waals surface area contributed by atoms with E-state index in [1.807, 2.05) is 11.9 Å². The third kappa shape index (κ3) is 3.54. The molecule has 0 unspecified atom stereocenters. The van der Waals surface area contributed by atoms with Crippen LogP contribution in [0, 0.1) is 0 Å². The zero-order chi connectivity index (χ0) is 17.0. The fraction of sp³-hybridized carbons (Fsp3) is 0.308. The molecule has 10 heteroatoms. The number of hydrogen-bond donors (Lipinski definition) is 4. The smallest absolute Gasteiger partial charge is 0.331 e. The molecule has 0 aliphatic rings. The number of nitrogens with zero attached hydrogens (tertiary/aromatic N) is 2. The average molecular weight is 321 g/mol. The van der Waals surface area contributed by atoms with Gasteiger partial charge in [0.2, 0.25) is 5.88 Å². The summed E-state index contributed by atoms with van der Waals surface area (Å²) < 4.78 is 1.02. The van der Waals surface area contributed by atoms with Crippen LogP contribution < -0.4 is 22.5 Å². The summed E-state index contributed by atoms with van der Waals surface area (Å²) in [5.41, 5.74) is -3.41. The molecule has 10 nitrogen and oxygen atoms in total. The van der Waals surface area contributed by atoms with Crippen LogP contribution in [0.15, 0.2) is 30.4 Å². The van der Waals surface area contributed by atoms with Crippen molar-refractivity contribution >= 4 is 11.9 Å². The second kappa shape index (κ2) is 6.73. The van der Waals surface area contributed by atoms with Crippen molar-refractivity contribution in [2.75, 3.05) is 0 Å². The van der Waals surface area contributed by atoms with E-state index in [2.05, 4.69) is 15.0 Å². The Balaban J connectivity index is 2.49. The molecule has 0 amide bonds. The Morgan fingerprint density at radius 2 is 1.96 bits per heavy atom. The molecule has 0 bridgehead atoms. The fourth-order valence-electron chi connectivity index (χ4n) is 1.85. The van der Waals surface area contributed by atoms with Crippen molar-refractivity contribution in [1.82, 2.24) is 19.5 Å². The van der Waals surface area contributed by atoms with Gasteiger partial charge < -0.3 is 10.1 Å². The van der Waals surface area contributed by atoms with Crippen LogP contribution in [0.4, 0.5) is 5.69 Å². The van der Waals surface area contributed by atoms with E-state index in [1.165, 1.54) is 0 Å². The Kier molecular flexibility index (Phi) is 4.74. The van der Waals surface area contributed by atoms with Gasteiger partial charge >= 0.3 is 11.4 Å². The quantitative estimate of drug-likeness (QED) is 0.529. The number of aromatic nitrogens is 4. The number of aromatic hydroxyl groups is 1. The molecule has 2 rings (SSSR count). The molecule has 122 valence electrons. The van der Waals surface area contributed by atoms with E-state index in [9.17, 15) is 24.3 Å². The van der Waals surface area contributed by atoms with Crippen LogP contribution in [0.1, 0.15) is 25.3 Å². The molecule has 0 aliphatic heterocycles. The maximum atomic E-state index is 11.8. The molecule has 0 aromatic carbocycles. The summed E-state index contributed by atoms with van der Waals surface area (Å²) in [7, 11) is 0. The average Bonchev–Trinajstić information content (AvgIpc) is 2.48. The van der Waals surface area contributed by atoms with Crippen molar-refractivity contribution in [3.8, 4) is 5.88 Å². The van der Waals surface area contributed by atoms with Gasteiger partial charge in [0.05, 0.1) is 0 Å². The maximum Gasteiger partial charge on any atom is 0.331 e. The van der Waals surface area contributed by atoms with E-state index in [1.54, 1.807) is 0 Å². The highest BCUT2D eigenvalue weighted by atomic mass is 16.3. The van der Waals surface area contributed by atoms with E-state index < -0.39 is 28.4 Å². The first kappa shape index (κ1) is 16.2. The van der Waals surface area contributed by atoms with Crippen LogP contribution in [0.25, 0.3) is 0 Å². The topological polar surface area (TPSA) is 153 Å². The Labute approximate surface area is 128 Å². The summed E-state index contributed by atoms with van der Waals surface area (Å²) in [6.45, 7) is 2.15. The SMILES string of the molecule is CCCCn1c(O)c(C=Nc2c[nH]c(=O)[nH]c2=O)c(=O)[nH]c1=O. The molecule has 2 heterocycles. The van der Waals surface area contributed by atoms with E-state index in [0.717, 1.165) is 23.4 Å². The normalized spacial score (nSPS) is 11.2. The number of H-pyrrole nitrogens is 3. The van der Waals surface area contributed by atoms with Gasteiger partial charge in [0.1, 0.15) is 11.3 Å². The molecule has 0 spiro atoms. The second-order valence-corrected chi connectivity index (χ2v) is 4.72. The molecule has 0 saturated carbocycles. The molecule has 0 fully saturated rings. The van der Waals surface area contributed by atoms with Gasteiger partial charge in [0.25, 0.3) is 11.1 Å². The van der Waals surface area contributed by atoms with Crippen molar-refractivity contribution in [2.45, 2.75) is 26.3 Å². The van der Waals surface area contributed by atoms with Crippen molar-refractivity contribution in [3.05, 3.63) is 53.4 Å². The van der Waals surface area contributed by atoms with E-state index >= 15 is 0 Å². The second-order valence-electron chi connectivity index (χ2n) is 4.72. The van der Waals surface area contributed by atoms with Gasteiger partial charge in [0.15, 0.2) is 0 Å². The summed E-state index contributed by atoms with van der Waals surface area (Å²) in [5, 5.41) is 10.1. The number of aromatic amines is 3. The third-order valence-corrected chi connectivity index (χ3v) is 3.07. The molecule has 0 atom stereocenters. The highest BCUT2D eigenvalue weighted by Gasteiger charge is 2.12. The lowest BCUT2D eigenvalue weighted by Gasteiger charge is -2.08. The minimum absolute atomic E-state index is 0.158. The van der Waals surface area contributed by atoms with Crippen molar-refractivity contribution < 1.29 is 5.11 Å². The Morgan fingerprint density at radius 3 is 2.61 bits per heavy atom. The third-order valence-electron chi connectivity index (χ3n) is 3.07. The first-order chi connectivity index (χ1) is 10.9. The largest absolute Gasteiger partial charge is 0.494 e. The van der Waals surface area contributed by atoms with Gasteiger partial charge in [-0.3, -0.25) is 24.1 Å². The van der Waals surface area contributed by atoms with Crippen LogP contribution in [0.2, 0.25) is 0 Å². The van der Waals surface area contributed by atoms with E-state index in [-0.39, 0.29) is 17.8 Å². The zero-order valence-electron chi connectivity index (χ0n) is 12.3. The standard InChI is InChI=1S/C13H15N5O5/c1-2-3-4-18-11(21)7(9(19)17-13(18)23)5-14-8-6-15-12(22)16-10(8)20/h5-6,21H,2-4H2,1H3,(H,17,19,23)(H2,15,16,20,22). The Hall–Kier alpha value is -3.17. The molecule has 0 radical (unpaired) electrons. The van der Waals surface area contributed by atoms with Crippen LogP contribution in [0.3, 0.4) is 0 Å². The first-order valence-electron chi connectivity index (χ1n) is 6.86. The van der Waals surface area contributed by atoms with Crippen molar-refractivity contribution in [3.63, 3.8) is 0 Å². The fourth-order valence-corrected chi connectivity index (χ4v) is 1.85. The monoisotopic (exact) mass is 321 g/mol. The minimum Gasteiger partial charge on any atom is -0.494 e. The lowest BCUT2D eigenvalue weighted by atomic mass is 10.3. The van der Waals surface area contributed by atoms with Crippen LogP contribution in [0.5, 0.6) is 5.88 Å². The molecule has 0 aliphatic carbocycles. The number of unbranched alkanes of at least 4 members (excludes halogenated alkanes) is 1. The molecular formula is C13H15N5O5. The molecule has 0 saturated heterocycles. The Morgan fingerprint density at radius 1 is 1.22 bits per heavy atom.